The topological polar surface area (TPSA) is 42.0 Å². The molecule has 1 N–H and O–H groups in total. The van der Waals surface area contributed by atoms with Crippen molar-refractivity contribution >= 4 is 43.9 Å². The second-order valence-corrected chi connectivity index (χ2v) is 7.19. The van der Waals surface area contributed by atoms with Crippen LogP contribution in [-0.4, -0.2) is 10.9 Å². The minimum atomic E-state index is -0.0199. The van der Waals surface area contributed by atoms with Crippen molar-refractivity contribution in [3.8, 4) is 0 Å². The second-order valence-electron chi connectivity index (χ2n) is 5.20. The van der Waals surface area contributed by atoms with Crippen molar-refractivity contribution in [3.63, 3.8) is 0 Å². The van der Waals surface area contributed by atoms with Gasteiger partial charge in [0.2, 0.25) is 0 Å². The Bertz CT molecular complexity index is 786. The van der Waals surface area contributed by atoms with E-state index in [4.69, 9.17) is 0 Å². The molecule has 1 aromatic carbocycles. The van der Waals surface area contributed by atoms with Crippen molar-refractivity contribution < 1.29 is 4.79 Å². The number of aryl methyl sites for hydroxylation is 1. The summed E-state index contributed by atoms with van der Waals surface area (Å²) in [6, 6.07) is 7.94. The SMILES string of the molecule is O=C(Nc1nc2ccccc2s1)c1csc2c1CCCC2. The number of fused-ring (bicyclic) bond motifs is 2. The van der Waals surface area contributed by atoms with E-state index in [-0.39, 0.29) is 5.91 Å². The summed E-state index contributed by atoms with van der Waals surface area (Å²) in [5, 5.41) is 5.64. The first kappa shape index (κ1) is 13.0. The minimum absolute atomic E-state index is 0.0199. The van der Waals surface area contributed by atoms with Gasteiger partial charge in [-0.15, -0.1) is 11.3 Å². The molecule has 1 amide bonds. The third kappa shape index (κ3) is 2.36. The van der Waals surface area contributed by atoms with Crippen molar-refractivity contribution in [3.05, 3.63) is 45.6 Å². The summed E-state index contributed by atoms with van der Waals surface area (Å²) in [4.78, 5) is 18.3. The number of benzene rings is 1. The Kier molecular flexibility index (Phi) is 3.24. The van der Waals surface area contributed by atoms with Crippen molar-refractivity contribution in [2.24, 2.45) is 0 Å². The molecular formula is C16H14N2OS2. The predicted molar refractivity (Wildman–Crippen MR) is 88.5 cm³/mol. The van der Waals surface area contributed by atoms with Crippen LogP contribution in [0.3, 0.4) is 0 Å². The Morgan fingerprint density at radius 3 is 2.95 bits per heavy atom. The van der Waals surface area contributed by atoms with Crippen LogP contribution in [0.1, 0.15) is 33.6 Å². The van der Waals surface area contributed by atoms with E-state index in [0.717, 1.165) is 28.6 Å². The van der Waals surface area contributed by atoms with Gasteiger partial charge in [0.15, 0.2) is 5.13 Å². The number of thiazole rings is 1. The lowest BCUT2D eigenvalue weighted by Crippen LogP contribution is -2.14. The van der Waals surface area contributed by atoms with Crippen molar-refractivity contribution in [2.45, 2.75) is 25.7 Å². The highest BCUT2D eigenvalue weighted by Crippen LogP contribution is 2.31. The number of hydrogen-bond acceptors (Lipinski definition) is 4. The van der Waals surface area contributed by atoms with E-state index in [2.05, 4.69) is 10.3 Å². The molecule has 1 aliphatic rings. The van der Waals surface area contributed by atoms with Crippen LogP contribution in [0.25, 0.3) is 10.2 Å². The smallest absolute Gasteiger partial charge is 0.258 e. The van der Waals surface area contributed by atoms with E-state index >= 15 is 0 Å². The van der Waals surface area contributed by atoms with Gasteiger partial charge in [-0.25, -0.2) is 4.98 Å². The summed E-state index contributed by atoms with van der Waals surface area (Å²) in [6.45, 7) is 0. The first-order chi connectivity index (χ1) is 10.3. The second kappa shape index (κ2) is 5.24. The summed E-state index contributed by atoms with van der Waals surface area (Å²) in [5.74, 6) is -0.0199. The molecule has 3 aromatic rings. The number of nitrogens with one attached hydrogen (secondary N) is 1. The highest BCUT2D eigenvalue weighted by molar-refractivity contribution is 7.22. The number of amides is 1. The summed E-state index contributed by atoms with van der Waals surface area (Å²) >= 11 is 3.24. The van der Waals surface area contributed by atoms with Gasteiger partial charge >= 0.3 is 0 Å². The van der Waals surface area contributed by atoms with Crippen LogP contribution < -0.4 is 5.32 Å². The molecule has 0 unspecified atom stereocenters. The van der Waals surface area contributed by atoms with Crippen molar-refractivity contribution in [1.82, 2.24) is 4.98 Å². The van der Waals surface area contributed by atoms with Gasteiger partial charge in [-0.05, 0) is 43.4 Å². The molecule has 0 radical (unpaired) electrons. The predicted octanol–water partition coefficient (Wildman–Crippen LogP) is 4.49. The average Bonchev–Trinajstić information content (AvgIpc) is 3.10. The number of thiophene rings is 1. The number of anilines is 1. The summed E-state index contributed by atoms with van der Waals surface area (Å²) < 4.78 is 1.10. The molecule has 0 saturated carbocycles. The summed E-state index contributed by atoms with van der Waals surface area (Å²) in [7, 11) is 0. The number of rotatable bonds is 2. The van der Waals surface area contributed by atoms with Gasteiger partial charge in [-0.1, -0.05) is 23.5 Å². The molecule has 0 atom stereocenters. The maximum absolute atomic E-state index is 12.5. The molecule has 0 saturated heterocycles. The maximum atomic E-state index is 12.5. The van der Waals surface area contributed by atoms with Crippen molar-refractivity contribution in [1.29, 1.82) is 0 Å². The van der Waals surface area contributed by atoms with Gasteiger partial charge in [-0.3, -0.25) is 10.1 Å². The lowest BCUT2D eigenvalue weighted by molar-refractivity contribution is 0.102. The molecule has 1 aliphatic carbocycles. The Morgan fingerprint density at radius 2 is 2.05 bits per heavy atom. The third-order valence-corrected chi connectivity index (χ3v) is 5.86. The van der Waals surface area contributed by atoms with Gasteiger partial charge in [0.1, 0.15) is 0 Å². The largest absolute Gasteiger partial charge is 0.298 e. The minimum Gasteiger partial charge on any atom is -0.298 e. The van der Waals surface area contributed by atoms with E-state index in [1.165, 1.54) is 34.6 Å². The number of hydrogen-bond donors (Lipinski definition) is 1. The lowest BCUT2D eigenvalue weighted by atomic mass is 9.96. The fourth-order valence-corrected chi connectivity index (χ4v) is 4.76. The number of carbonyl (C=O) groups excluding carboxylic acids is 1. The monoisotopic (exact) mass is 314 g/mol. The molecule has 3 nitrogen and oxygen atoms in total. The normalized spacial score (nSPS) is 14.1. The molecule has 5 heteroatoms. The van der Waals surface area contributed by atoms with Crippen LogP contribution in [0.15, 0.2) is 29.6 Å². The molecule has 21 heavy (non-hydrogen) atoms. The zero-order chi connectivity index (χ0) is 14.2. The van der Waals surface area contributed by atoms with Crippen LogP contribution in [0.4, 0.5) is 5.13 Å². The first-order valence-corrected chi connectivity index (χ1v) is 8.77. The van der Waals surface area contributed by atoms with E-state index < -0.39 is 0 Å². The zero-order valence-electron chi connectivity index (χ0n) is 11.4. The number of aromatic nitrogens is 1. The fourth-order valence-electron chi connectivity index (χ4n) is 2.77. The van der Waals surface area contributed by atoms with E-state index in [0.29, 0.717) is 5.13 Å². The lowest BCUT2D eigenvalue weighted by Gasteiger charge is -2.12. The molecular weight excluding hydrogens is 300 g/mol. The average molecular weight is 314 g/mol. The molecule has 0 aliphatic heterocycles. The molecule has 0 bridgehead atoms. The van der Waals surface area contributed by atoms with E-state index in [1.54, 1.807) is 11.3 Å². The zero-order valence-corrected chi connectivity index (χ0v) is 13.0. The van der Waals surface area contributed by atoms with Crippen LogP contribution in [-0.2, 0) is 12.8 Å². The number of carbonyl (C=O) groups is 1. The van der Waals surface area contributed by atoms with Crippen LogP contribution in [0, 0.1) is 0 Å². The van der Waals surface area contributed by atoms with Gasteiger partial charge in [-0.2, -0.15) is 0 Å². The van der Waals surface area contributed by atoms with Gasteiger partial charge in [0, 0.05) is 10.3 Å². The number of para-hydroxylation sites is 1. The highest BCUT2D eigenvalue weighted by atomic mass is 32.1. The van der Waals surface area contributed by atoms with Crippen LogP contribution >= 0.6 is 22.7 Å². The quantitative estimate of drug-likeness (QED) is 0.757. The maximum Gasteiger partial charge on any atom is 0.258 e. The molecule has 0 spiro atoms. The third-order valence-electron chi connectivity index (χ3n) is 3.82. The Balaban J connectivity index is 1.62. The molecule has 4 rings (SSSR count). The van der Waals surface area contributed by atoms with Gasteiger partial charge < -0.3 is 0 Å². The van der Waals surface area contributed by atoms with E-state index in [1.807, 2.05) is 29.6 Å². The molecule has 0 fully saturated rings. The Labute approximate surface area is 130 Å². The van der Waals surface area contributed by atoms with E-state index in [9.17, 15) is 4.79 Å². The number of nitrogens with zero attached hydrogens (tertiary/aromatic N) is 1. The molecule has 2 aromatic heterocycles. The Hall–Kier alpha value is -1.72. The molecule has 106 valence electrons. The van der Waals surface area contributed by atoms with Crippen LogP contribution in [0.2, 0.25) is 0 Å². The van der Waals surface area contributed by atoms with Crippen LogP contribution in [0.5, 0.6) is 0 Å². The summed E-state index contributed by atoms with van der Waals surface area (Å²) in [6.07, 6.45) is 4.58. The standard InChI is InChI=1S/C16H14N2OS2/c19-15(11-9-20-13-7-3-1-5-10(11)13)18-16-17-12-6-2-4-8-14(12)21-16/h2,4,6,8-9H,1,3,5,7H2,(H,17,18,19). The van der Waals surface area contributed by atoms with Crippen molar-refractivity contribution in [2.75, 3.05) is 5.32 Å². The van der Waals surface area contributed by atoms with Gasteiger partial charge in [0.25, 0.3) is 5.91 Å². The van der Waals surface area contributed by atoms with Gasteiger partial charge in [0.05, 0.1) is 15.8 Å². The highest BCUT2D eigenvalue weighted by Gasteiger charge is 2.20. The molecule has 2 heterocycles. The first-order valence-electron chi connectivity index (χ1n) is 7.07. The fraction of sp³-hybridized carbons (Fsp3) is 0.250. The summed E-state index contributed by atoms with van der Waals surface area (Å²) in [5.41, 5.74) is 3.03. The Morgan fingerprint density at radius 1 is 1.19 bits per heavy atom.